The zero-order valence-corrected chi connectivity index (χ0v) is 11.8. The molecule has 2 rings (SSSR count). The van der Waals surface area contributed by atoms with E-state index >= 15 is 0 Å². The molecule has 18 heavy (non-hydrogen) atoms. The van der Waals surface area contributed by atoms with Gasteiger partial charge in [-0.15, -0.1) is 11.3 Å². The Morgan fingerprint density at radius 1 is 1.50 bits per heavy atom. The molecule has 1 atom stereocenters. The number of ether oxygens (including phenoxy) is 1. The van der Waals surface area contributed by atoms with Crippen LogP contribution in [0.3, 0.4) is 0 Å². The minimum absolute atomic E-state index is 0.0946. The van der Waals surface area contributed by atoms with E-state index < -0.39 is 0 Å². The minimum atomic E-state index is 0.0946. The van der Waals surface area contributed by atoms with E-state index in [1.54, 1.807) is 0 Å². The van der Waals surface area contributed by atoms with Crippen molar-refractivity contribution in [3.05, 3.63) is 15.6 Å². The molecule has 1 heterocycles. The van der Waals surface area contributed by atoms with Gasteiger partial charge in [-0.1, -0.05) is 6.92 Å². The summed E-state index contributed by atoms with van der Waals surface area (Å²) in [4.78, 5) is 6.18. The van der Waals surface area contributed by atoms with Gasteiger partial charge in [-0.3, -0.25) is 0 Å². The molecule has 2 N–H and O–H groups in total. The third-order valence-corrected chi connectivity index (χ3v) is 4.29. The molecule has 5 heteroatoms. The molecule has 0 fully saturated rings. The van der Waals surface area contributed by atoms with Crippen LogP contribution in [0.25, 0.3) is 0 Å². The summed E-state index contributed by atoms with van der Waals surface area (Å²) in [6.07, 6.45) is 3.62. The molecule has 0 aromatic carbocycles. The second-order valence-electron chi connectivity index (χ2n) is 4.84. The number of hydrogen-bond donors (Lipinski definition) is 2. The van der Waals surface area contributed by atoms with Crippen LogP contribution in [-0.4, -0.2) is 36.5 Å². The van der Waals surface area contributed by atoms with Gasteiger partial charge in [0.1, 0.15) is 5.01 Å². The van der Waals surface area contributed by atoms with Crippen molar-refractivity contribution in [2.75, 3.05) is 26.4 Å². The van der Waals surface area contributed by atoms with Crippen LogP contribution in [0.15, 0.2) is 0 Å². The third kappa shape index (κ3) is 4.02. The molecule has 1 unspecified atom stereocenters. The average molecular weight is 270 g/mol. The maximum atomic E-state index is 8.56. The summed E-state index contributed by atoms with van der Waals surface area (Å²) in [5.74, 6) is 0.811. The quantitative estimate of drug-likeness (QED) is 0.735. The molecule has 0 radical (unpaired) electrons. The van der Waals surface area contributed by atoms with E-state index in [9.17, 15) is 0 Å². The van der Waals surface area contributed by atoms with Gasteiger partial charge in [0, 0.05) is 18.0 Å². The largest absolute Gasteiger partial charge is 0.394 e. The second-order valence-corrected chi connectivity index (χ2v) is 6.01. The summed E-state index contributed by atoms with van der Waals surface area (Å²) in [7, 11) is 0. The third-order valence-electron chi connectivity index (χ3n) is 3.17. The topological polar surface area (TPSA) is 54.4 Å². The van der Waals surface area contributed by atoms with E-state index in [2.05, 4.69) is 12.2 Å². The molecule has 1 aliphatic rings. The molecule has 1 aromatic rings. The standard InChI is InChI=1S/C13H22N2O2S/c1-10-2-3-11-12(8-10)18-13(15-11)9-14-4-6-17-7-5-16/h10,14,16H,2-9H2,1H3. The molecule has 0 bridgehead atoms. The van der Waals surface area contributed by atoms with Crippen LogP contribution in [-0.2, 0) is 24.1 Å². The van der Waals surface area contributed by atoms with Crippen molar-refractivity contribution >= 4 is 11.3 Å². The Balaban J connectivity index is 1.70. The number of hydrogen-bond acceptors (Lipinski definition) is 5. The van der Waals surface area contributed by atoms with E-state index in [0.29, 0.717) is 13.2 Å². The fourth-order valence-electron chi connectivity index (χ4n) is 2.18. The highest BCUT2D eigenvalue weighted by Crippen LogP contribution is 2.29. The molecule has 0 saturated carbocycles. The SMILES string of the molecule is CC1CCc2nc(CNCCOCCO)sc2C1. The van der Waals surface area contributed by atoms with Crippen molar-refractivity contribution in [1.82, 2.24) is 10.3 Å². The number of fused-ring (bicyclic) bond motifs is 1. The summed E-state index contributed by atoms with van der Waals surface area (Å²) in [6, 6.07) is 0. The Bertz CT molecular complexity index is 368. The summed E-state index contributed by atoms with van der Waals surface area (Å²) >= 11 is 1.85. The second kappa shape index (κ2) is 7.19. The Morgan fingerprint density at radius 2 is 2.39 bits per heavy atom. The number of aliphatic hydroxyl groups excluding tert-OH is 1. The number of aryl methyl sites for hydroxylation is 1. The Kier molecular flexibility index (Phi) is 5.56. The number of thiazole rings is 1. The number of nitrogens with one attached hydrogen (secondary N) is 1. The zero-order valence-electron chi connectivity index (χ0n) is 10.9. The monoisotopic (exact) mass is 270 g/mol. The van der Waals surface area contributed by atoms with Gasteiger partial charge in [0.05, 0.1) is 25.5 Å². The van der Waals surface area contributed by atoms with Crippen LogP contribution in [0.4, 0.5) is 0 Å². The van der Waals surface area contributed by atoms with Crippen LogP contribution >= 0.6 is 11.3 Å². The van der Waals surface area contributed by atoms with Crippen molar-refractivity contribution in [3.8, 4) is 0 Å². The zero-order chi connectivity index (χ0) is 12.8. The summed E-state index contributed by atoms with van der Waals surface area (Å²) in [6.45, 7) is 5.11. The van der Waals surface area contributed by atoms with Crippen LogP contribution in [0.1, 0.15) is 28.9 Å². The highest BCUT2D eigenvalue weighted by molar-refractivity contribution is 7.11. The lowest BCUT2D eigenvalue weighted by Gasteiger charge is -2.15. The number of nitrogens with zero attached hydrogens (tertiary/aromatic N) is 1. The first kappa shape index (κ1) is 13.9. The fourth-order valence-corrected chi connectivity index (χ4v) is 3.42. The molecule has 4 nitrogen and oxygen atoms in total. The maximum Gasteiger partial charge on any atom is 0.107 e. The first-order valence-corrected chi connectivity index (χ1v) is 7.48. The van der Waals surface area contributed by atoms with E-state index in [4.69, 9.17) is 14.8 Å². The van der Waals surface area contributed by atoms with E-state index in [1.165, 1.54) is 28.4 Å². The molecular formula is C13H22N2O2S. The first-order valence-electron chi connectivity index (χ1n) is 6.66. The average Bonchev–Trinajstić information content (AvgIpc) is 2.75. The predicted octanol–water partition coefficient (Wildman–Crippen LogP) is 1.37. The van der Waals surface area contributed by atoms with Gasteiger partial charge in [-0.25, -0.2) is 4.98 Å². The minimum Gasteiger partial charge on any atom is -0.394 e. The molecule has 1 aliphatic carbocycles. The van der Waals surface area contributed by atoms with Crippen molar-refractivity contribution in [3.63, 3.8) is 0 Å². The molecule has 0 saturated heterocycles. The van der Waals surface area contributed by atoms with Crippen molar-refractivity contribution in [1.29, 1.82) is 0 Å². The summed E-state index contributed by atoms with van der Waals surface area (Å²) < 4.78 is 5.19. The molecule has 0 aliphatic heterocycles. The van der Waals surface area contributed by atoms with Crippen LogP contribution < -0.4 is 5.32 Å². The van der Waals surface area contributed by atoms with Crippen LogP contribution in [0, 0.1) is 5.92 Å². The lowest BCUT2D eigenvalue weighted by Crippen LogP contribution is -2.19. The molecular weight excluding hydrogens is 248 g/mol. The summed E-state index contributed by atoms with van der Waals surface area (Å²) in [5, 5.41) is 13.1. The van der Waals surface area contributed by atoms with Gasteiger partial charge in [0.15, 0.2) is 0 Å². The van der Waals surface area contributed by atoms with E-state index in [-0.39, 0.29) is 6.61 Å². The highest BCUT2D eigenvalue weighted by atomic mass is 32.1. The number of aromatic nitrogens is 1. The van der Waals surface area contributed by atoms with Crippen molar-refractivity contribution < 1.29 is 9.84 Å². The lowest BCUT2D eigenvalue weighted by atomic mass is 9.93. The van der Waals surface area contributed by atoms with Crippen LogP contribution in [0.2, 0.25) is 0 Å². The highest BCUT2D eigenvalue weighted by Gasteiger charge is 2.19. The van der Waals surface area contributed by atoms with Gasteiger partial charge in [0.25, 0.3) is 0 Å². The number of aliphatic hydroxyl groups is 1. The number of rotatable bonds is 7. The Hall–Kier alpha value is -0.490. The van der Waals surface area contributed by atoms with Gasteiger partial charge < -0.3 is 15.2 Å². The van der Waals surface area contributed by atoms with E-state index in [0.717, 1.165) is 25.4 Å². The maximum absolute atomic E-state index is 8.56. The van der Waals surface area contributed by atoms with Gasteiger partial charge >= 0.3 is 0 Å². The van der Waals surface area contributed by atoms with Crippen LogP contribution in [0.5, 0.6) is 0 Å². The first-order chi connectivity index (χ1) is 8.79. The lowest BCUT2D eigenvalue weighted by molar-refractivity contribution is 0.0938. The van der Waals surface area contributed by atoms with Gasteiger partial charge in [-0.05, 0) is 25.2 Å². The Labute approximate surface area is 112 Å². The molecule has 0 amide bonds. The van der Waals surface area contributed by atoms with Crippen molar-refractivity contribution in [2.24, 2.45) is 5.92 Å². The Morgan fingerprint density at radius 3 is 3.22 bits per heavy atom. The van der Waals surface area contributed by atoms with Gasteiger partial charge in [0.2, 0.25) is 0 Å². The van der Waals surface area contributed by atoms with E-state index in [1.807, 2.05) is 11.3 Å². The molecule has 1 aromatic heterocycles. The van der Waals surface area contributed by atoms with Crippen molar-refractivity contribution in [2.45, 2.75) is 32.7 Å². The normalized spacial score (nSPS) is 18.9. The molecule has 0 spiro atoms. The fraction of sp³-hybridized carbons (Fsp3) is 0.769. The van der Waals surface area contributed by atoms with Gasteiger partial charge in [-0.2, -0.15) is 0 Å². The molecule has 102 valence electrons. The summed E-state index contributed by atoms with van der Waals surface area (Å²) in [5.41, 5.74) is 1.33. The smallest absolute Gasteiger partial charge is 0.107 e. The predicted molar refractivity (Wildman–Crippen MR) is 72.9 cm³/mol.